The van der Waals surface area contributed by atoms with E-state index in [4.69, 9.17) is 0 Å². The molecule has 0 spiro atoms. The predicted octanol–water partition coefficient (Wildman–Crippen LogP) is 2.52. The summed E-state index contributed by atoms with van der Waals surface area (Å²) >= 11 is 0. The molecular weight excluding hydrogens is 432 g/mol. The quantitative estimate of drug-likeness (QED) is 0.354. The van der Waals surface area contributed by atoms with E-state index in [1.165, 1.54) is 48.5 Å². The van der Waals surface area contributed by atoms with Gasteiger partial charge in [-0.3, -0.25) is 29.8 Å². The first kappa shape index (κ1) is 23.2. The van der Waals surface area contributed by atoms with E-state index in [1.807, 2.05) is 0 Å². The van der Waals surface area contributed by atoms with Crippen LogP contribution >= 0.6 is 0 Å². The van der Waals surface area contributed by atoms with E-state index >= 15 is 0 Å². The molecule has 0 radical (unpaired) electrons. The van der Waals surface area contributed by atoms with Crippen LogP contribution in [-0.4, -0.2) is 33.1 Å². The average Bonchev–Trinajstić information content (AvgIpc) is 3.62. The molecule has 1 saturated carbocycles. The van der Waals surface area contributed by atoms with E-state index in [0.29, 0.717) is 29.0 Å². The van der Waals surface area contributed by atoms with Crippen molar-refractivity contribution in [2.45, 2.75) is 20.3 Å². The zero-order valence-electron chi connectivity index (χ0n) is 17.7. The lowest BCUT2D eigenvalue weighted by molar-refractivity contribution is -0.385. The largest absolute Gasteiger partial charge is 0.273 e. The van der Waals surface area contributed by atoms with Crippen LogP contribution in [0.25, 0.3) is 0 Å². The third kappa shape index (κ3) is 5.81. The van der Waals surface area contributed by atoms with Crippen LogP contribution in [0.1, 0.15) is 31.4 Å². The van der Waals surface area contributed by atoms with Gasteiger partial charge in [0.2, 0.25) is 11.8 Å². The first-order valence-electron chi connectivity index (χ1n) is 9.85. The maximum absolute atomic E-state index is 12.3. The Morgan fingerprint density at radius 3 is 1.39 bits per heavy atom. The summed E-state index contributed by atoms with van der Waals surface area (Å²) in [5.41, 5.74) is 6.88. The highest BCUT2D eigenvalue weighted by Crippen LogP contribution is 2.38. The molecule has 2 atom stereocenters. The Bertz CT molecular complexity index is 1070. The average molecular weight is 452 g/mol. The molecule has 2 amide bonds. The van der Waals surface area contributed by atoms with E-state index in [2.05, 4.69) is 21.1 Å². The van der Waals surface area contributed by atoms with E-state index in [1.54, 1.807) is 13.8 Å². The molecule has 12 heteroatoms. The molecule has 1 aliphatic rings. The maximum atomic E-state index is 12.3. The number of nitro benzene ring substituents is 2. The highest BCUT2D eigenvalue weighted by molar-refractivity contribution is 6.01. The van der Waals surface area contributed by atoms with Gasteiger partial charge in [0.05, 0.1) is 33.1 Å². The van der Waals surface area contributed by atoms with Crippen LogP contribution in [-0.2, 0) is 9.59 Å². The van der Waals surface area contributed by atoms with Gasteiger partial charge in [-0.25, -0.2) is 10.9 Å². The summed E-state index contributed by atoms with van der Waals surface area (Å²) in [7, 11) is 0. The van der Waals surface area contributed by atoms with E-state index in [0.717, 1.165) is 0 Å². The summed E-state index contributed by atoms with van der Waals surface area (Å²) in [6.45, 7) is 3.29. The van der Waals surface area contributed by atoms with Crippen LogP contribution in [0.5, 0.6) is 0 Å². The molecule has 170 valence electrons. The lowest BCUT2D eigenvalue weighted by Crippen LogP contribution is -2.26. The zero-order chi connectivity index (χ0) is 24.1. The smallest absolute Gasteiger partial charge is 0.269 e. The summed E-state index contributed by atoms with van der Waals surface area (Å²) in [5, 5.41) is 29.4. The van der Waals surface area contributed by atoms with Crippen LogP contribution in [0.15, 0.2) is 58.7 Å². The van der Waals surface area contributed by atoms with Gasteiger partial charge in [-0.05, 0) is 55.7 Å². The number of hydrogen-bond donors (Lipinski definition) is 2. The molecule has 0 aliphatic heterocycles. The summed E-state index contributed by atoms with van der Waals surface area (Å²) < 4.78 is 0. The van der Waals surface area contributed by atoms with E-state index < -0.39 is 33.5 Å². The second-order valence-electron chi connectivity index (χ2n) is 7.40. The fourth-order valence-corrected chi connectivity index (χ4v) is 3.00. The first-order valence-corrected chi connectivity index (χ1v) is 9.85. The minimum absolute atomic E-state index is 0.0473. The Kier molecular flexibility index (Phi) is 6.86. The number of nitrogens with zero attached hydrogens (tertiary/aromatic N) is 4. The van der Waals surface area contributed by atoms with E-state index in [-0.39, 0.29) is 11.4 Å². The normalized spacial score (nSPS) is 17.8. The fourth-order valence-electron chi connectivity index (χ4n) is 3.00. The second kappa shape index (κ2) is 9.77. The van der Waals surface area contributed by atoms with Crippen molar-refractivity contribution in [1.29, 1.82) is 0 Å². The molecule has 12 nitrogen and oxygen atoms in total. The van der Waals surface area contributed by atoms with Crippen molar-refractivity contribution in [2.75, 3.05) is 0 Å². The molecule has 2 aromatic carbocycles. The van der Waals surface area contributed by atoms with Crippen LogP contribution in [0.4, 0.5) is 11.4 Å². The van der Waals surface area contributed by atoms with Crippen molar-refractivity contribution < 1.29 is 19.4 Å². The van der Waals surface area contributed by atoms with Gasteiger partial charge in [-0.15, -0.1) is 0 Å². The molecule has 1 aliphatic carbocycles. The monoisotopic (exact) mass is 452 g/mol. The molecule has 2 aromatic rings. The van der Waals surface area contributed by atoms with Crippen molar-refractivity contribution in [3.63, 3.8) is 0 Å². The number of carbonyl (C=O) groups excluding carboxylic acids is 2. The highest BCUT2D eigenvalue weighted by atomic mass is 16.6. The lowest BCUT2D eigenvalue weighted by atomic mass is 10.1. The van der Waals surface area contributed by atoms with Crippen LogP contribution in [0, 0.1) is 32.1 Å². The Balaban J connectivity index is 1.51. The number of non-ortho nitro benzene ring substituents is 2. The zero-order valence-corrected chi connectivity index (χ0v) is 17.7. The highest BCUT2D eigenvalue weighted by Gasteiger charge is 2.48. The topological polar surface area (TPSA) is 169 Å². The molecular formula is C21H20N6O6. The van der Waals surface area contributed by atoms with Gasteiger partial charge in [0, 0.05) is 24.3 Å². The number of carbonyl (C=O) groups is 2. The number of hydrazone groups is 2. The fraction of sp³-hybridized carbons (Fsp3) is 0.238. The Hall–Kier alpha value is -4.48. The minimum atomic E-state index is -0.534. The van der Waals surface area contributed by atoms with Crippen molar-refractivity contribution in [2.24, 2.45) is 22.0 Å². The summed E-state index contributed by atoms with van der Waals surface area (Å²) in [5.74, 6) is -1.89. The first-order chi connectivity index (χ1) is 15.7. The van der Waals surface area contributed by atoms with Crippen molar-refractivity contribution >= 4 is 34.6 Å². The number of benzene rings is 2. The van der Waals surface area contributed by atoms with Crippen LogP contribution in [0.2, 0.25) is 0 Å². The predicted molar refractivity (Wildman–Crippen MR) is 118 cm³/mol. The third-order valence-electron chi connectivity index (χ3n) is 5.12. The third-order valence-corrected chi connectivity index (χ3v) is 5.12. The number of amides is 2. The van der Waals surface area contributed by atoms with Crippen molar-refractivity contribution in [3.05, 3.63) is 79.9 Å². The van der Waals surface area contributed by atoms with E-state index in [9.17, 15) is 29.8 Å². The molecule has 0 saturated heterocycles. The summed E-state index contributed by atoms with van der Waals surface area (Å²) in [6, 6.07) is 11.5. The van der Waals surface area contributed by atoms with Gasteiger partial charge in [0.25, 0.3) is 11.4 Å². The molecule has 2 N–H and O–H groups in total. The van der Waals surface area contributed by atoms with Crippen LogP contribution in [0.3, 0.4) is 0 Å². The van der Waals surface area contributed by atoms with Gasteiger partial charge in [-0.2, -0.15) is 10.2 Å². The van der Waals surface area contributed by atoms with Crippen molar-refractivity contribution in [1.82, 2.24) is 10.9 Å². The van der Waals surface area contributed by atoms with Crippen LogP contribution < -0.4 is 10.9 Å². The number of nitro groups is 2. The number of hydrogen-bond acceptors (Lipinski definition) is 8. The summed E-state index contributed by atoms with van der Waals surface area (Å²) in [4.78, 5) is 44.9. The number of nitrogens with one attached hydrogen (secondary N) is 2. The standard InChI is InChI=1S/C21H20N6O6/c1-12(14-3-7-16(8-4-14)26(30)31)22-24-20(28)18-11-19(18)21(29)25-23-13(2)15-5-9-17(10-6-15)27(32)33/h3-10,18-19H,11H2,1-2H3,(H,24,28)(H,25,29)/b22-12+,23-13+. The molecule has 2 unspecified atom stereocenters. The van der Waals surface area contributed by atoms with Gasteiger partial charge in [-0.1, -0.05) is 0 Å². The van der Waals surface area contributed by atoms with Gasteiger partial charge in [0.15, 0.2) is 0 Å². The molecule has 0 heterocycles. The minimum Gasteiger partial charge on any atom is -0.273 e. The lowest BCUT2D eigenvalue weighted by Gasteiger charge is -2.04. The SMILES string of the molecule is C/C(=N\NC(=O)C1CC1C(=O)N/N=C(\C)c1ccc([N+](=O)[O-])cc1)c1ccc([N+](=O)[O-])cc1. The molecule has 0 bridgehead atoms. The molecule has 1 fully saturated rings. The number of rotatable bonds is 8. The van der Waals surface area contributed by atoms with Gasteiger partial charge < -0.3 is 0 Å². The molecule has 3 rings (SSSR count). The second-order valence-corrected chi connectivity index (χ2v) is 7.40. The van der Waals surface area contributed by atoms with Gasteiger partial charge in [0.1, 0.15) is 0 Å². The Morgan fingerprint density at radius 1 is 0.758 bits per heavy atom. The Labute approximate surface area is 187 Å². The Morgan fingerprint density at radius 2 is 1.09 bits per heavy atom. The van der Waals surface area contributed by atoms with Gasteiger partial charge >= 0.3 is 0 Å². The van der Waals surface area contributed by atoms with Crippen molar-refractivity contribution in [3.8, 4) is 0 Å². The maximum Gasteiger partial charge on any atom is 0.269 e. The molecule has 0 aromatic heterocycles. The molecule has 33 heavy (non-hydrogen) atoms. The summed E-state index contributed by atoms with van der Waals surface area (Å²) in [6.07, 6.45) is 0.357.